The van der Waals surface area contributed by atoms with E-state index in [0.717, 1.165) is 12.3 Å². The molecular formula is C14H21NO4. The van der Waals surface area contributed by atoms with E-state index in [2.05, 4.69) is 5.32 Å². The van der Waals surface area contributed by atoms with Crippen LogP contribution in [-0.4, -0.2) is 35.7 Å². The quantitative estimate of drug-likeness (QED) is 0.801. The molecule has 0 radical (unpaired) electrons. The number of ether oxygens (including phenoxy) is 1. The summed E-state index contributed by atoms with van der Waals surface area (Å²) in [6, 6.07) is 0. The molecule has 0 spiro atoms. The molecule has 0 aromatic heterocycles. The summed E-state index contributed by atoms with van der Waals surface area (Å²) < 4.78 is 5.15. The lowest BCUT2D eigenvalue weighted by atomic mass is 9.86. The van der Waals surface area contributed by atoms with Gasteiger partial charge >= 0.3 is 5.97 Å². The zero-order valence-electron chi connectivity index (χ0n) is 11.1. The van der Waals surface area contributed by atoms with Crippen LogP contribution < -0.4 is 5.32 Å². The predicted octanol–water partition coefficient (Wildman–Crippen LogP) is 1.17. The second-order valence-corrected chi connectivity index (χ2v) is 6.38. The summed E-state index contributed by atoms with van der Waals surface area (Å²) in [4.78, 5) is 23.4. The maximum atomic E-state index is 12.1. The standard InChI is InChI=1S/C14H21NO4/c16-12(7-11-6-9-1-2-10(11)5-9)15-14(13(17)18)3-4-19-8-14/h9-11H,1-8H2,(H,15,16)(H,17,18). The second kappa shape index (κ2) is 4.78. The van der Waals surface area contributed by atoms with Crippen LogP contribution >= 0.6 is 0 Å². The van der Waals surface area contributed by atoms with Crippen molar-refractivity contribution in [2.45, 2.75) is 44.1 Å². The van der Waals surface area contributed by atoms with Crippen LogP contribution in [-0.2, 0) is 14.3 Å². The lowest BCUT2D eigenvalue weighted by Crippen LogP contribution is -2.55. The average molecular weight is 267 g/mol. The van der Waals surface area contributed by atoms with Gasteiger partial charge in [0.2, 0.25) is 5.91 Å². The normalized spacial score (nSPS) is 40.5. The fraction of sp³-hybridized carbons (Fsp3) is 0.857. The van der Waals surface area contributed by atoms with Crippen molar-refractivity contribution in [3.05, 3.63) is 0 Å². The summed E-state index contributed by atoms with van der Waals surface area (Å²) in [7, 11) is 0. The van der Waals surface area contributed by atoms with Gasteiger partial charge in [0.15, 0.2) is 5.54 Å². The van der Waals surface area contributed by atoms with Crippen molar-refractivity contribution in [2.24, 2.45) is 17.8 Å². The first-order valence-corrected chi connectivity index (χ1v) is 7.21. The Balaban J connectivity index is 1.57. The molecule has 2 N–H and O–H groups in total. The minimum atomic E-state index is -1.19. The van der Waals surface area contributed by atoms with Gasteiger partial charge in [-0.2, -0.15) is 0 Å². The van der Waals surface area contributed by atoms with Gasteiger partial charge in [-0.15, -0.1) is 0 Å². The Morgan fingerprint density at radius 2 is 2.16 bits per heavy atom. The van der Waals surface area contributed by atoms with E-state index in [1.54, 1.807) is 0 Å². The molecule has 106 valence electrons. The number of hydrogen-bond acceptors (Lipinski definition) is 3. The first-order chi connectivity index (χ1) is 9.09. The first kappa shape index (κ1) is 12.9. The van der Waals surface area contributed by atoms with Crippen LogP contribution in [0.4, 0.5) is 0 Å². The number of hydrogen-bond donors (Lipinski definition) is 2. The fourth-order valence-corrected chi connectivity index (χ4v) is 4.07. The first-order valence-electron chi connectivity index (χ1n) is 7.21. The van der Waals surface area contributed by atoms with Crippen molar-refractivity contribution in [3.8, 4) is 0 Å². The van der Waals surface area contributed by atoms with Gasteiger partial charge < -0.3 is 15.2 Å². The molecule has 1 heterocycles. The molecule has 1 amide bonds. The molecule has 3 rings (SSSR count). The molecule has 19 heavy (non-hydrogen) atoms. The van der Waals surface area contributed by atoms with Gasteiger partial charge in [-0.25, -0.2) is 4.79 Å². The zero-order valence-corrected chi connectivity index (χ0v) is 11.1. The van der Waals surface area contributed by atoms with Crippen LogP contribution in [0.15, 0.2) is 0 Å². The van der Waals surface area contributed by atoms with Crippen molar-refractivity contribution in [1.29, 1.82) is 0 Å². The number of aliphatic carboxylic acids is 1. The molecule has 0 aromatic carbocycles. The highest BCUT2D eigenvalue weighted by atomic mass is 16.5. The van der Waals surface area contributed by atoms with Gasteiger partial charge in [-0.05, 0) is 37.0 Å². The fourth-order valence-electron chi connectivity index (χ4n) is 4.07. The van der Waals surface area contributed by atoms with Crippen molar-refractivity contribution in [1.82, 2.24) is 5.32 Å². The Morgan fingerprint density at radius 3 is 2.68 bits per heavy atom. The number of fused-ring (bicyclic) bond motifs is 2. The number of carboxylic acid groups (broad SMARTS) is 1. The summed E-state index contributed by atoms with van der Waals surface area (Å²) in [6.07, 6.45) is 5.83. The Hall–Kier alpha value is -1.10. The highest BCUT2D eigenvalue weighted by Crippen LogP contribution is 2.49. The molecule has 4 atom stereocenters. The summed E-state index contributed by atoms with van der Waals surface area (Å²) in [6.45, 7) is 0.492. The molecule has 1 saturated heterocycles. The average Bonchev–Trinajstić information content (AvgIpc) is 3.04. The number of carboxylic acids is 1. The lowest BCUT2D eigenvalue weighted by molar-refractivity contribution is -0.147. The monoisotopic (exact) mass is 267 g/mol. The van der Waals surface area contributed by atoms with Crippen molar-refractivity contribution in [3.63, 3.8) is 0 Å². The van der Waals surface area contributed by atoms with E-state index in [1.165, 1.54) is 19.3 Å². The molecular weight excluding hydrogens is 246 g/mol. The van der Waals surface area contributed by atoms with Crippen molar-refractivity contribution in [2.75, 3.05) is 13.2 Å². The van der Waals surface area contributed by atoms with Crippen LogP contribution in [0.2, 0.25) is 0 Å². The largest absolute Gasteiger partial charge is 0.479 e. The number of carbonyl (C=O) groups is 2. The third kappa shape index (κ3) is 2.36. The highest BCUT2D eigenvalue weighted by molar-refractivity contribution is 5.87. The molecule has 4 unspecified atom stereocenters. The van der Waals surface area contributed by atoms with E-state index in [0.29, 0.717) is 31.3 Å². The molecule has 5 nitrogen and oxygen atoms in total. The van der Waals surface area contributed by atoms with Gasteiger partial charge in [-0.3, -0.25) is 4.79 Å². The van der Waals surface area contributed by atoms with Gasteiger partial charge in [0.25, 0.3) is 0 Å². The molecule has 0 aromatic rings. The molecule has 5 heteroatoms. The maximum absolute atomic E-state index is 12.1. The zero-order chi connectivity index (χ0) is 13.5. The van der Waals surface area contributed by atoms with Gasteiger partial charge in [0, 0.05) is 19.4 Å². The molecule has 2 aliphatic carbocycles. The summed E-state index contributed by atoms with van der Waals surface area (Å²) in [5.74, 6) is 0.867. The Labute approximate surface area is 112 Å². The van der Waals surface area contributed by atoms with Gasteiger partial charge in [0.05, 0.1) is 6.61 Å². The lowest BCUT2D eigenvalue weighted by Gasteiger charge is -2.26. The predicted molar refractivity (Wildman–Crippen MR) is 67.5 cm³/mol. The van der Waals surface area contributed by atoms with E-state index in [9.17, 15) is 14.7 Å². The highest BCUT2D eigenvalue weighted by Gasteiger charge is 2.45. The van der Waals surface area contributed by atoms with Crippen LogP contribution in [0, 0.1) is 17.8 Å². The summed E-state index contributed by atoms with van der Waals surface area (Å²) in [5.41, 5.74) is -1.19. The number of amides is 1. The van der Waals surface area contributed by atoms with Crippen LogP contribution in [0.25, 0.3) is 0 Å². The SMILES string of the molecule is O=C(CC1CC2CCC1C2)NC1(C(=O)O)CCOC1. The smallest absolute Gasteiger partial charge is 0.331 e. The second-order valence-electron chi connectivity index (χ2n) is 6.38. The molecule has 2 saturated carbocycles. The Bertz CT molecular complexity index is 389. The minimum Gasteiger partial charge on any atom is -0.479 e. The third-order valence-electron chi connectivity index (χ3n) is 5.14. The number of nitrogens with one attached hydrogen (secondary N) is 1. The number of rotatable bonds is 4. The van der Waals surface area contributed by atoms with Gasteiger partial charge in [-0.1, -0.05) is 6.42 Å². The van der Waals surface area contributed by atoms with Crippen LogP contribution in [0.3, 0.4) is 0 Å². The molecule has 3 fully saturated rings. The van der Waals surface area contributed by atoms with E-state index in [4.69, 9.17) is 4.74 Å². The van der Waals surface area contributed by atoms with E-state index in [1.807, 2.05) is 0 Å². The van der Waals surface area contributed by atoms with E-state index < -0.39 is 11.5 Å². The maximum Gasteiger partial charge on any atom is 0.331 e. The molecule has 1 aliphatic heterocycles. The van der Waals surface area contributed by atoms with Crippen molar-refractivity contribution < 1.29 is 19.4 Å². The summed E-state index contributed by atoms with van der Waals surface area (Å²) in [5, 5.41) is 12.0. The third-order valence-corrected chi connectivity index (χ3v) is 5.14. The molecule has 3 aliphatic rings. The van der Waals surface area contributed by atoms with Crippen LogP contribution in [0.1, 0.15) is 38.5 Å². The van der Waals surface area contributed by atoms with E-state index >= 15 is 0 Å². The topological polar surface area (TPSA) is 75.6 Å². The van der Waals surface area contributed by atoms with E-state index in [-0.39, 0.29) is 12.5 Å². The minimum absolute atomic E-state index is 0.0881. The Kier molecular flexibility index (Phi) is 3.25. The Morgan fingerprint density at radius 1 is 1.32 bits per heavy atom. The molecule has 2 bridgehead atoms. The number of carbonyl (C=O) groups excluding carboxylic acids is 1. The van der Waals surface area contributed by atoms with Gasteiger partial charge in [0.1, 0.15) is 0 Å². The summed E-state index contributed by atoms with van der Waals surface area (Å²) >= 11 is 0. The van der Waals surface area contributed by atoms with Crippen LogP contribution in [0.5, 0.6) is 0 Å². The van der Waals surface area contributed by atoms with Crippen molar-refractivity contribution >= 4 is 11.9 Å².